The molecule has 6 heteroatoms. The lowest BCUT2D eigenvalue weighted by Crippen LogP contribution is -2.36. The smallest absolute Gasteiger partial charge is 0.234 e. The Morgan fingerprint density at radius 1 is 1.67 bits per heavy atom. The van der Waals surface area contributed by atoms with E-state index in [1.54, 1.807) is 0 Å². The molecule has 0 bridgehead atoms. The second-order valence-electron chi connectivity index (χ2n) is 2.35. The Labute approximate surface area is 71.2 Å². The Hall–Kier alpha value is -1.14. The molecule has 0 aromatic carbocycles. The second kappa shape index (κ2) is 6.56. The third kappa shape index (κ3) is 5.63. The molecule has 0 aliphatic carbocycles. The molecule has 0 spiro atoms. The number of amides is 1. The van der Waals surface area contributed by atoms with E-state index in [9.17, 15) is 4.79 Å². The first-order chi connectivity index (χ1) is 5.68. The van der Waals surface area contributed by atoms with Gasteiger partial charge in [0.1, 0.15) is 0 Å². The summed E-state index contributed by atoms with van der Waals surface area (Å²) in [6, 6.07) is -0.564. The molecule has 0 aromatic rings. The monoisotopic (exact) mass is 173 g/mol. The maximum absolute atomic E-state index is 10.4. The molecule has 0 aliphatic rings. The molecule has 0 heterocycles. The highest BCUT2D eigenvalue weighted by atomic mass is 16.1. The first kappa shape index (κ1) is 10.9. The minimum Gasteiger partial charge on any atom is -0.368 e. The van der Waals surface area contributed by atoms with Gasteiger partial charge in [-0.15, -0.1) is 0 Å². The molecule has 0 saturated heterocycles. The van der Waals surface area contributed by atoms with Crippen LogP contribution in [0.4, 0.5) is 0 Å². The Balaban J connectivity index is 3.31. The molecule has 6 nitrogen and oxygen atoms in total. The number of hydrazine groups is 1. The summed E-state index contributed by atoms with van der Waals surface area (Å²) in [5.41, 5.74) is 12.6. The molecule has 0 radical (unpaired) electrons. The molecule has 1 atom stereocenters. The largest absolute Gasteiger partial charge is 0.368 e. The van der Waals surface area contributed by atoms with E-state index in [4.69, 9.17) is 17.3 Å². The van der Waals surface area contributed by atoms with Crippen molar-refractivity contribution in [3.05, 3.63) is 0 Å². The summed E-state index contributed by atoms with van der Waals surface area (Å²) in [5, 5.41) is 0. The zero-order chi connectivity index (χ0) is 9.40. The minimum atomic E-state index is -0.564. The number of carbonyl (C=O) groups is 1. The number of rotatable bonds is 6. The molecule has 7 N–H and O–H groups in total. The predicted octanol–water partition coefficient (Wildman–Crippen LogP) is -1.93. The normalized spacial score (nSPS) is 13.2. The number of hydrogen-bond donors (Lipinski definition) is 4. The van der Waals surface area contributed by atoms with Crippen molar-refractivity contribution in [2.75, 3.05) is 6.54 Å². The van der Waals surface area contributed by atoms with E-state index < -0.39 is 11.9 Å². The predicted molar refractivity (Wildman–Crippen MR) is 47.1 cm³/mol. The van der Waals surface area contributed by atoms with Crippen LogP contribution in [0.3, 0.4) is 0 Å². The highest BCUT2D eigenvalue weighted by Gasteiger charge is 2.06. The third-order valence-corrected chi connectivity index (χ3v) is 1.33. The van der Waals surface area contributed by atoms with Crippen molar-refractivity contribution in [2.24, 2.45) is 22.3 Å². The van der Waals surface area contributed by atoms with Crippen LogP contribution in [0.25, 0.3) is 0 Å². The van der Waals surface area contributed by atoms with Gasteiger partial charge in [-0.2, -0.15) is 0 Å². The Bertz CT molecular complexity index is 158. The summed E-state index contributed by atoms with van der Waals surface area (Å²) < 4.78 is 0. The molecule has 1 amide bonds. The van der Waals surface area contributed by atoms with E-state index in [1.165, 1.54) is 6.34 Å². The lowest BCUT2D eigenvalue weighted by Gasteiger charge is -2.04. The van der Waals surface area contributed by atoms with Gasteiger partial charge in [0.2, 0.25) is 5.91 Å². The molecule has 0 fully saturated rings. The van der Waals surface area contributed by atoms with Crippen LogP contribution in [0.5, 0.6) is 0 Å². The fraction of sp³-hybridized carbons (Fsp3) is 0.667. The van der Waals surface area contributed by atoms with Crippen molar-refractivity contribution < 1.29 is 4.79 Å². The van der Waals surface area contributed by atoms with Crippen molar-refractivity contribution in [1.29, 1.82) is 0 Å². The van der Waals surface area contributed by atoms with Crippen LogP contribution in [-0.4, -0.2) is 24.8 Å². The van der Waals surface area contributed by atoms with Gasteiger partial charge in [0.25, 0.3) is 0 Å². The molecule has 0 aliphatic heterocycles. The van der Waals surface area contributed by atoms with Crippen LogP contribution >= 0.6 is 0 Å². The maximum atomic E-state index is 10.4. The third-order valence-electron chi connectivity index (χ3n) is 1.33. The standard InChI is InChI=1S/C6H15N5O/c7-5(6(8)12)2-1-3-10-4-11-9/h4-5H,1-3,7,9H2,(H2,8,12)(H,10,11)/t5-/m1/s1. The highest BCUT2D eigenvalue weighted by molar-refractivity contribution is 5.79. The number of nitrogens with zero attached hydrogens (tertiary/aromatic N) is 1. The maximum Gasteiger partial charge on any atom is 0.234 e. The first-order valence-corrected chi connectivity index (χ1v) is 3.67. The summed E-state index contributed by atoms with van der Waals surface area (Å²) in [6.07, 6.45) is 2.66. The van der Waals surface area contributed by atoms with Gasteiger partial charge in [-0.3, -0.25) is 9.79 Å². The summed E-state index contributed by atoms with van der Waals surface area (Å²) in [6.45, 7) is 0.588. The van der Waals surface area contributed by atoms with Crippen molar-refractivity contribution >= 4 is 12.2 Å². The summed E-state index contributed by atoms with van der Waals surface area (Å²) in [7, 11) is 0. The van der Waals surface area contributed by atoms with E-state index in [2.05, 4.69) is 10.4 Å². The van der Waals surface area contributed by atoms with Crippen LogP contribution in [0, 0.1) is 0 Å². The Morgan fingerprint density at radius 2 is 2.33 bits per heavy atom. The summed E-state index contributed by atoms with van der Waals surface area (Å²) in [4.78, 5) is 14.3. The number of primary amides is 1. The fourth-order valence-electron chi connectivity index (χ4n) is 0.662. The van der Waals surface area contributed by atoms with Gasteiger partial charge in [0.15, 0.2) is 0 Å². The second-order valence-corrected chi connectivity index (χ2v) is 2.35. The van der Waals surface area contributed by atoms with Gasteiger partial charge in [-0.25, -0.2) is 5.84 Å². The Morgan fingerprint density at radius 3 is 2.83 bits per heavy atom. The van der Waals surface area contributed by atoms with Gasteiger partial charge >= 0.3 is 0 Å². The van der Waals surface area contributed by atoms with Crippen LogP contribution in [0.15, 0.2) is 4.99 Å². The molecule has 0 unspecified atom stereocenters. The number of nitrogens with one attached hydrogen (secondary N) is 1. The first-order valence-electron chi connectivity index (χ1n) is 3.67. The molecule has 0 aromatic heterocycles. The number of aliphatic imine (C=N–C) groups is 1. The minimum absolute atomic E-state index is 0.476. The van der Waals surface area contributed by atoms with Crippen molar-refractivity contribution in [3.8, 4) is 0 Å². The van der Waals surface area contributed by atoms with E-state index in [0.717, 1.165) is 6.42 Å². The van der Waals surface area contributed by atoms with Crippen LogP contribution < -0.4 is 22.7 Å². The molecular formula is C6H15N5O. The Kier molecular flexibility index (Phi) is 5.94. The molecular weight excluding hydrogens is 158 g/mol. The van der Waals surface area contributed by atoms with E-state index in [-0.39, 0.29) is 0 Å². The highest BCUT2D eigenvalue weighted by Crippen LogP contribution is 1.93. The van der Waals surface area contributed by atoms with E-state index in [0.29, 0.717) is 13.0 Å². The van der Waals surface area contributed by atoms with Crippen molar-refractivity contribution in [2.45, 2.75) is 18.9 Å². The van der Waals surface area contributed by atoms with Crippen LogP contribution in [-0.2, 0) is 4.79 Å². The van der Waals surface area contributed by atoms with Gasteiger partial charge in [0, 0.05) is 6.54 Å². The summed E-state index contributed by atoms with van der Waals surface area (Å²) >= 11 is 0. The number of nitrogens with two attached hydrogens (primary N) is 3. The van der Waals surface area contributed by atoms with Gasteiger partial charge < -0.3 is 16.9 Å². The SMILES string of the molecule is NNC=NCCC[C@@H](N)C(N)=O. The quantitative estimate of drug-likeness (QED) is 0.123. The molecule has 12 heavy (non-hydrogen) atoms. The van der Waals surface area contributed by atoms with Crippen LogP contribution in [0.2, 0.25) is 0 Å². The average Bonchev–Trinajstić information content (AvgIpc) is 2.03. The zero-order valence-electron chi connectivity index (χ0n) is 6.86. The molecule has 70 valence electrons. The molecule has 0 rings (SSSR count). The average molecular weight is 173 g/mol. The molecule has 0 saturated carbocycles. The van der Waals surface area contributed by atoms with Gasteiger partial charge in [-0.05, 0) is 12.8 Å². The van der Waals surface area contributed by atoms with Gasteiger partial charge in [-0.1, -0.05) is 0 Å². The lowest BCUT2D eigenvalue weighted by atomic mass is 10.1. The van der Waals surface area contributed by atoms with Gasteiger partial charge in [0.05, 0.1) is 12.4 Å². The van der Waals surface area contributed by atoms with E-state index >= 15 is 0 Å². The van der Waals surface area contributed by atoms with E-state index in [1.807, 2.05) is 0 Å². The topological polar surface area (TPSA) is 120 Å². The lowest BCUT2D eigenvalue weighted by molar-refractivity contribution is -0.119. The fourth-order valence-corrected chi connectivity index (χ4v) is 0.662. The summed E-state index contributed by atoms with van der Waals surface area (Å²) in [5.74, 6) is 4.44. The zero-order valence-corrected chi connectivity index (χ0v) is 6.86. The van der Waals surface area contributed by atoms with Crippen molar-refractivity contribution in [1.82, 2.24) is 5.43 Å². The van der Waals surface area contributed by atoms with Crippen LogP contribution in [0.1, 0.15) is 12.8 Å². The number of hydrogen-bond acceptors (Lipinski definition) is 4. The number of carbonyl (C=O) groups excluding carboxylic acids is 1. The van der Waals surface area contributed by atoms with Crippen molar-refractivity contribution in [3.63, 3.8) is 0 Å².